The minimum Gasteiger partial charge on any atom is -0.467 e. The third kappa shape index (κ3) is 9.47. The maximum Gasteiger partial charge on any atom is 0.330 e. The van der Waals surface area contributed by atoms with Crippen LogP contribution in [0, 0.1) is 0 Å². The molecule has 0 aromatic carbocycles. The summed E-state index contributed by atoms with van der Waals surface area (Å²) < 4.78 is 4.47. The molecule has 0 radical (unpaired) electrons. The molecule has 0 aliphatic carbocycles. The van der Waals surface area contributed by atoms with Gasteiger partial charge >= 0.3 is 5.97 Å². The van der Waals surface area contributed by atoms with E-state index in [0.29, 0.717) is 6.42 Å². The Labute approximate surface area is 115 Å². The number of aliphatic hydroxyl groups is 1. The van der Waals surface area contributed by atoms with Crippen LogP contribution >= 0.6 is 0 Å². The quantitative estimate of drug-likeness (QED) is 0.444. The second-order valence-electron chi connectivity index (χ2n) is 4.70. The van der Waals surface area contributed by atoms with E-state index in [2.05, 4.69) is 17.0 Å². The van der Waals surface area contributed by atoms with Crippen LogP contribution in [0.15, 0.2) is 0 Å². The van der Waals surface area contributed by atoms with E-state index in [0.717, 1.165) is 19.3 Å². The number of methoxy groups -OCH3 is 1. The number of esters is 1. The molecule has 1 unspecified atom stereocenters. The predicted molar refractivity (Wildman–Crippen MR) is 73.6 cm³/mol. The molecule has 0 heterocycles. The molecule has 0 aliphatic heterocycles. The van der Waals surface area contributed by atoms with E-state index in [9.17, 15) is 9.59 Å². The fraction of sp³-hybridized carbons (Fsp3) is 0.857. The number of hydrogen-bond donors (Lipinski definition) is 2. The zero-order chi connectivity index (χ0) is 14.5. The molecule has 5 heteroatoms. The summed E-state index contributed by atoms with van der Waals surface area (Å²) in [5, 5.41) is 11.4. The van der Waals surface area contributed by atoms with E-state index in [1.807, 2.05) is 0 Å². The first-order chi connectivity index (χ1) is 9.15. The minimum absolute atomic E-state index is 0.210. The number of amides is 1. The van der Waals surface area contributed by atoms with E-state index >= 15 is 0 Å². The molecule has 0 aromatic rings. The Morgan fingerprint density at radius 3 is 2.21 bits per heavy atom. The summed E-state index contributed by atoms with van der Waals surface area (Å²) in [5.74, 6) is -0.826. The first-order valence-corrected chi connectivity index (χ1v) is 7.13. The second-order valence-corrected chi connectivity index (χ2v) is 4.70. The highest BCUT2D eigenvalue weighted by molar-refractivity contribution is 5.84. The van der Waals surface area contributed by atoms with Gasteiger partial charge < -0.3 is 15.2 Å². The molecule has 0 aliphatic rings. The molecule has 0 bridgehead atoms. The molecule has 1 amide bonds. The summed E-state index contributed by atoms with van der Waals surface area (Å²) in [4.78, 5) is 22.7. The molecule has 19 heavy (non-hydrogen) atoms. The molecule has 0 saturated carbocycles. The van der Waals surface area contributed by atoms with Crippen LogP contribution < -0.4 is 5.32 Å². The van der Waals surface area contributed by atoms with E-state index in [1.54, 1.807) is 0 Å². The fourth-order valence-electron chi connectivity index (χ4n) is 1.83. The van der Waals surface area contributed by atoms with E-state index in [4.69, 9.17) is 5.11 Å². The largest absolute Gasteiger partial charge is 0.467 e. The Morgan fingerprint density at radius 2 is 1.68 bits per heavy atom. The molecule has 1 atom stereocenters. The third-order valence-corrected chi connectivity index (χ3v) is 3.01. The zero-order valence-electron chi connectivity index (χ0n) is 12.1. The summed E-state index contributed by atoms with van der Waals surface area (Å²) in [5.41, 5.74) is 0. The van der Waals surface area contributed by atoms with Crippen molar-refractivity contribution in [3.63, 3.8) is 0 Å². The number of carbonyl (C=O) groups excluding carboxylic acids is 2. The summed E-state index contributed by atoms with van der Waals surface area (Å²) in [6.45, 7) is 1.75. The highest BCUT2D eigenvalue weighted by Gasteiger charge is 2.19. The lowest BCUT2D eigenvalue weighted by molar-refractivity contribution is -0.146. The van der Waals surface area contributed by atoms with Crippen LogP contribution in [0.25, 0.3) is 0 Å². The maximum absolute atomic E-state index is 11.5. The van der Waals surface area contributed by atoms with Crippen molar-refractivity contribution in [2.75, 3.05) is 13.7 Å². The van der Waals surface area contributed by atoms with Gasteiger partial charge in [-0.1, -0.05) is 45.4 Å². The van der Waals surface area contributed by atoms with E-state index in [-0.39, 0.29) is 5.91 Å². The van der Waals surface area contributed by atoms with Gasteiger partial charge in [-0.05, 0) is 6.42 Å². The van der Waals surface area contributed by atoms with Crippen molar-refractivity contribution in [3.05, 3.63) is 0 Å². The average molecular weight is 273 g/mol. The van der Waals surface area contributed by atoms with Crippen LogP contribution in [0.5, 0.6) is 0 Å². The Bertz CT molecular complexity index is 256. The van der Waals surface area contributed by atoms with Gasteiger partial charge in [0.1, 0.15) is 0 Å². The van der Waals surface area contributed by atoms with Gasteiger partial charge in [-0.2, -0.15) is 0 Å². The maximum atomic E-state index is 11.5. The van der Waals surface area contributed by atoms with Gasteiger partial charge in [0.05, 0.1) is 13.7 Å². The molecule has 0 spiro atoms. The van der Waals surface area contributed by atoms with Crippen molar-refractivity contribution >= 4 is 11.9 Å². The van der Waals surface area contributed by atoms with Crippen LogP contribution in [0.1, 0.15) is 58.3 Å². The van der Waals surface area contributed by atoms with Crippen molar-refractivity contribution in [2.45, 2.75) is 64.3 Å². The number of unbranched alkanes of at least 4 members (excludes halogenated alkanes) is 6. The van der Waals surface area contributed by atoms with Crippen molar-refractivity contribution in [1.82, 2.24) is 5.32 Å². The monoisotopic (exact) mass is 273 g/mol. The van der Waals surface area contributed by atoms with Gasteiger partial charge in [-0.3, -0.25) is 4.79 Å². The molecular weight excluding hydrogens is 246 g/mol. The normalized spacial score (nSPS) is 11.9. The topological polar surface area (TPSA) is 75.6 Å². The number of nitrogens with one attached hydrogen (secondary N) is 1. The molecular formula is C14H27NO4. The van der Waals surface area contributed by atoms with Gasteiger partial charge in [0.25, 0.3) is 0 Å². The number of rotatable bonds is 11. The highest BCUT2D eigenvalue weighted by Crippen LogP contribution is 2.08. The zero-order valence-corrected chi connectivity index (χ0v) is 12.1. The summed E-state index contributed by atoms with van der Waals surface area (Å²) in [6.07, 6.45) is 8.37. The summed E-state index contributed by atoms with van der Waals surface area (Å²) >= 11 is 0. The lowest BCUT2D eigenvalue weighted by atomic mass is 10.1. The Kier molecular flexibility index (Phi) is 11.3. The van der Waals surface area contributed by atoms with Crippen molar-refractivity contribution in [2.24, 2.45) is 0 Å². The number of ether oxygens (including phenoxy) is 1. The second kappa shape index (κ2) is 12.0. The highest BCUT2D eigenvalue weighted by atomic mass is 16.5. The molecule has 0 aromatic heterocycles. The number of carbonyl (C=O) groups is 2. The average Bonchev–Trinajstić information content (AvgIpc) is 2.42. The predicted octanol–water partition coefficient (Wildman–Crippen LogP) is 1.78. The van der Waals surface area contributed by atoms with Crippen LogP contribution in [0.3, 0.4) is 0 Å². The van der Waals surface area contributed by atoms with E-state index < -0.39 is 18.6 Å². The van der Waals surface area contributed by atoms with Gasteiger partial charge in [0, 0.05) is 6.42 Å². The van der Waals surface area contributed by atoms with Crippen molar-refractivity contribution in [1.29, 1.82) is 0 Å². The molecule has 0 rings (SSSR count). The first-order valence-electron chi connectivity index (χ1n) is 7.13. The Morgan fingerprint density at radius 1 is 1.11 bits per heavy atom. The number of aliphatic hydroxyl groups excluding tert-OH is 1. The van der Waals surface area contributed by atoms with Crippen molar-refractivity contribution < 1.29 is 19.4 Å². The molecule has 0 fully saturated rings. The number of hydrogen-bond acceptors (Lipinski definition) is 4. The van der Waals surface area contributed by atoms with Gasteiger partial charge in [-0.15, -0.1) is 0 Å². The van der Waals surface area contributed by atoms with Crippen LogP contribution in [-0.4, -0.2) is 36.7 Å². The summed E-state index contributed by atoms with van der Waals surface area (Å²) in [6, 6.07) is -0.943. The van der Waals surface area contributed by atoms with Crippen LogP contribution in [0.4, 0.5) is 0 Å². The Hall–Kier alpha value is -1.10. The molecule has 2 N–H and O–H groups in total. The lowest BCUT2D eigenvalue weighted by Crippen LogP contribution is -2.43. The molecule has 112 valence electrons. The molecule has 0 saturated heterocycles. The van der Waals surface area contributed by atoms with Crippen LogP contribution in [-0.2, 0) is 14.3 Å². The van der Waals surface area contributed by atoms with Gasteiger partial charge in [0.2, 0.25) is 5.91 Å². The smallest absolute Gasteiger partial charge is 0.330 e. The molecule has 5 nitrogen and oxygen atoms in total. The van der Waals surface area contributed by atoms with Crippen molar-refractivity contribution in [3.8, 4) is 0 Å². The first kappa shape index (κ1) is 17.9. The minimum atomic E-state index is -0.943. The van der Waals surface area contributed by atoms with Gasteiger partial charge in [0.15, 0.2) is 6.04 Å². The van der Waals surface area contributed by atoms with Crippen LogP contribution in [0.2, 0.25) is 0 Å². The fourth-order valence-corrected chi connectivity index (χ4v) is 1.83. The lowest BCUT2D eigenvalue weighted by Gasteiger charge is -2.13. The van der Waals surface area contributed by atoms with E-state index in [1.165, 1.54) is 32.8 Å². The standard InChI is InChI=1S/C14H27NO4/c1-3-4-5-6-7-8-9-10-13(17)15-12(11-16)14(18)19-2/h12,16H,3-11H2,1-2H3,(H,15,17). The SMILES string of the molecule is CCCCCCCCCC(=O)NC(CO)C(=O)OC. The Balaban J connectivity index is 3.60. The third-order valence-electron chi connectivity index (χ3n) is 3.01. The summed E-state index contributed by atoms with van der Waals surface area (Å²) in [7, 11) is 1.23. The van der Waals surface area contributed by atoms with Gasteiger partial charge in [-0.25, -0.2) is 4.79 Å².